The van der Waals surface area contributed by atoms with Crippen molar-refractivity contribution >= 4 is 6.21 Å². The first-order chi connectivity index (χ1) is 15.5. The molecule has 0 aliphatic heterocycles. The van der Waals surface area contributed by atoms with Crippen molar-refractivity contribution in [3.63, 3.8) is 0 Å². The first-order valence-electron chi connectivity index (χ1n) is 11.6. The average Bonchev–Trinajstić information content (AvgIpc) is 3.12. The van der Waals surface area contributed by atoms with Crippen LogP contribution in [0.2, 0.25) is 0 Å². The minimum absolute atomic E-state index is 0.631. The summed E-state index contributed by atoms with van der Waals surface area (Å²) >= 11 is 0. The van der Waals surface area contributed by atoms with E-state index in [2.05, 4.69) is 36.2 Å². The highest BCUT2D eigenvalue weighted by atomic mass is 16.6. The molecule has 1 aromatic heterocycles. The molecule has 0 amide bonds. The SMILES string of the molecule is C/C=C/COc1cc(C)c(CCCCCCCCOc2cc(/C=N/OC)n(C)n2)c(C)c1. The van der Waals surface area contributed by atoms with E-state index in [0.29, 0.717) is 19.1 Å². The van der Waals surface area contributed by atoms with Gasteiger partial charge in [0, 0.05) is 13.1 Å². The van der Waals surface area contributed by atoms with Crippen LogP contribution in [-0.2, 0) is 18.3 Å². The minimum Gasteiger partial charge on any atom is -0.490 e. The third kappa shape index (κ3) is 8.77. The number of unbranched alkanes of at least 4 members (excludes halogenated alkanes) is 5. The van der Waals surface area contributed by atoms with Gasteiger partial charge in [-0.2, -0.15) is 0 Å². The lowest BCUT2D eigenvalue weighted by atomic mass is 9.96. The summed E-state index contributed by atoms with van der Waals surface area (Å²) < 4.78 is 13.3. The molecule has 32 heavy (non-hydrogen) atoms. The Hall–Kier alpha value is -2.76. The second kappa shape index (κ2) is 14.3. The van der Waals surface area contributed by atoms with Crippen molar-refractivity contribution in [1.82, 2.24) is 9.78 Å². The number of hydrogen-bond acceptors (Lipinski definition) is 5. The summed E-state index contributed by atoms with van der Waals surface area (Å²) in [5.74, 6) is 1.60. The van der Waals surface area contributed by atoms with E-state index in [1.807, 2.05) is 32.2 Å². The molecule has 0 bridgehead atoms. The first-order valence-corrected chi connectivity index (χ1v) is 11.6. The van der Waals surface area contributed by atoms with Gasteiger partial charge in [-0.1, -0.05) is 43.0 Å². The molecule has 0 aliphatic rings. The third-order valence-corrected chi connectivity index (χ3v) is 5.51. The van der Waals surface area contributed by atoms with E-state index in [9.17, 15) is 0 Å². The van der Waals surface area contributed by atoms with Gasteiger partial charge in [0.15, 0.2) is 0 Å². The van der Waals surface area contributed by atoms with Crippen molar-refractivity contribution in [1.29, 1.82) is 0 Å². The van der Waals surface area contributed by atoms with E-state index in [0.717, 1.165) is 24.3 Å². The fourth-order valence-electron chi connectivity index (χ4n) is 3.71. The van der Waals surface area contributed by atoms with Crippen molar-refractivity contribution in [2.45, 2.75) is 65.7 Å². The number of nitrogens with zero attached hydrogens (tertiary/aromatic N) is 3. The Morgan fingerprint density at radius 1 is 0.969 bits per heavy atom. The Morgan fingerprint density at radius 3 is 2.34 bits per heavy atom. The third-order valence-electron chi connectivity index (χ3n) is 5.51. The lowest BCUT2D eigenvalue weighted by molar-refractivity contribution is 0.215. The molecule has 0 atom stereocenters. The smallest absolute Gasteiger partial charge is 0.233 e. The predicted octanol–water partition coefficient (Wildman–Crippen LogP) is 5.93. The zero-order valence-electron chi connectivity index (χ0n) is 20.4. The van der Waals surface area contributed by atoms with Crippen LogP contribution in [0.4, 0.5) is 0 Å². The summed E-state index contributed by atoms with van der Waals surface area (Å²) in [6.45, 7) is 7.72. The van der Waals surface area contributed by atoms with E-state index >= 15 is 0 Å². The standard InChI is InChI=1S/C26H39N3O3/c1-6-7-15-31-24-17-21(2)25(22(3)18-24)14-12-10-8-9-11-13-16-32-26-19-23(20-27-30-5)29(4)28-26/h6-7,17-20H,8-16H2,1-5H3/b7-6+,27-20+. The predicted molar refractivity (Wildman–Crippen MR) is 131 cm³/mol. The second-order valence-electron chi connectivity index (χ2n) is 8.08. The van der Waals surface area contributed by atoms with Gasteiger partial charge in [-0.3, -0.25) is 4.68 Å². The Kier molecular flexibility index (Phi) is 11.4. The number of rotatable bonds is 15. The summed E-state index contributed by atoms with van der Waals surface area (Å²) in [7, 11) is 3.38. The van der Waals surface area contributed by atoms with Gasteiger partial charge in [0.05, 0.1) is 18.5 Å². The van der Waals surface area contributed by atoms with Crippen LogP contribution in [0.1, 0.15) is 67.8 Å². The average molecular weight is 442 g/mol. The molecule has 0 spiro atoms. The summed E-state index contributed by atoms with van der Waals surface area (Å²) in [4.78, 5) is 4.70. The van der Waals surface area contributed by atoms with Crippen LogP contribution in [0, 0.1) is 13.8 Å². The van der Waals surface area contributed by atoms with Crippen molar-refractivity contribution in [2.24, 2.45) is 12.2 Å². The van der Waals surface area contributed by atoms with Gasteiger partial charge in [0.25, 0.3) is 0 Å². The number of allylic oxidation sites excluding steroid dienone is 1. The number of aromatic nitrogens is 2. The Labute approximate surface area is 193 Å². The van der Waals surface area contributed by atoms with Gasteiger partial charge >= 0.3 is 0 Å². The molecular weight excluding hydrogens is 402 g/mol. The molecule has 176 valence electrons. The summed E-state index contributed by atoms with van der Waals surface area (Å²) in [5, 5.41) is 8.08. The maximum absolute atomic E-state index is 5.79. The van der Waals surface area contributed by atoms with Gasteiger partial charge in [-0.05, 0) is 68.9 Å². The summed E-state index contributed by atoms with van der Waals surface area (Å²) in [5.41, 5.74) is 5.00. The van der Waals surface area contributed by atoms with Crippen LogP contribution >= 0.6 is 0 Å². The van der Waals surface area contributed by atoms with Crippen LogP contribution in [0.15, 0.2) is 35.5 Å². The van der Waals surface area contributed by atoms with Crippen molar-refractivity contribution in [3.8, 4) is 11.6 Å². The van der Waals surface area contributed by atoms with Gasteiger partial charge in [0.1, 0.15) is 19.5 Å². The molecule has 1 aromatic carbocycles. The molecular formula is C26H39N3O3. The fraction of sp³-hybridized carbons (Fsp3) is 0.538. The molecule has 0 aliphatic carbocycles. The molecule has 6 nitrogen and oxygen atoms in total. The maximum atomic E-state index is 5.79. The minimum atomic E-state index is 0.631. The molecule has 2 aromatic rings. The van der Waals surface area contributed by atoms with Gasteiger partial charge in [-0.25, -0.2) is 0 Å². The van der Waals surface area contributed by atoms with E-state index in [1.54, 1.807) is 10.9 Å². The number of hydrogen-bond donors (Lipinski definition) is 0. The Morgan fingerprint density at radius 2 is 1.66 bits per heavy atom. The van der Waals surface area contributed by atoms with Crippen molar-refractivity contribution in [2.75, 3.05) is 20.3 Å². The quantitative estimate of drug-likeness (QED) is 0.149. The van der Waals surface area contributed by atoms with Crippen LogP contribution < -0.4 is 9.47 Å². The highest BCUT2D eigenvalue weighted by Gasteiger charge is 2.07. The van der Waals surface area contributed by atoms with Crippen LogP contribution in [0.3, 0.4) is 0 Å². The van der Waals surface area contributed by atoms with Crippen molar-refractivity contribution < 1.29 is 14.3 Å². The molecule has 0 fully saturated rings. The molecule has 0 saturated carbocycles. The van der Waals surface area contributed by atoms with Crippen LogP contribution in [-0.4, -0.2) is 36.3 Å². The monoisotopic (exact) mass is 441 g/mol. The zero-order chi connectivity index (χ0) is 23.2. The topological polar surface area (TPSA) is 57.9 Å². The molecule has 0 unspecified atom stereocenters. The number of oxime groups is 1. The van der Waals surface area contributed by atoms with Crippen LogP contribution in [0.25, 0.3) is 0 Å². The molecule has 1 heterocycles. The highest BCUT2D eigenvalue weighted by Crippen LogP contribution is 2.24. The summed E-state index contributed by atoms with van der Waals surface area (Å²) in [6.07, 6.45) is 14.0. The van der Waals surface area contributed by atoms with E-state index in [-0.39, 0.29) is 0 Å². The highest BCUT2D eigenvalue weighted by molar-refractivity contribution is 5.77. The first kappa shape index (κ1) is 25.5. The molecule has 2 rings (SSSR count). The molecule has 0 radical (unpaired) electrons. The maximum Gasteiger partial charge on any atom is 0.233 e. The lowest BCUT2D eigenvalue weighted by Crippen LogP contribution is -2.00. The Balaban J connectivity index is 1.58. The summed E-state index contributed by atoms with van der Waals surface area (Å²) in [6, 6.07) is 6.20. The van der Waals surface area contributed by atoms with Gasteiger partial charge in [-0.15, -0.1) is 5.10 Å². The molecule has 0 N–H and O–H groups in total. The van der Waals surface area contributed by atoms with Gasteiger partial charge in [0.2, 0.25) is 5.88 Å². The van der Waals surface area contributed by atoms with E-state index < -0.39 is 0 Å². The fourth-order valence-corrected chi connectivity index (χ4v) is 3.71. The largest absolute Gasteiger partial charge is 0.490 e. The molecule has 0 saturated heterocycles. The van der Waals surface area contributed by atoms with Gasteiger partial charge < -0.3 is 14.3 Å². The Bertz CT molecular complexity index is 848. The van der Waals surface area contributed by atoms with E-state index in [1.165, 1.54) is 55.9 Å². The number of ether oxygens (including phenoxy) is 2. The second-order valence-corrected chi connectivity index (χ2v) is 8.08. The zero-order valence-corrected chi connectivity index (χ0v) is 20.4. The number of aryl methyl sites for hydroxylation is 3. The van der Waals surface area contributed by atoms with Crippen LogP contribution in [0.5, 0.6) is 11.6 Å². The molecule has 6 heteroatoms. The lowest BCUT2D eigenvalue weighted by Gasteiger charge is -2.13. The number of benzene rings is 1. The normalized spacial score (nSPS) is 11.5. The van der Waals surface area contributed by atoms with Crippen molar-refractivity contribution in [3.05, 3.63) is 52.7 Å². The van der Waals surface area contributed by atoms with E-state index in [4.69, 9.17) is 14.3 Å².